The van der Waals surface area contributed by atoms with Crippen molar-refractivity contribution in [1.29, 1.82) is 0 Å². The lowest BCUT2D eigenvalue weighted by molar-refractivity contribution is -0.124. The van der Waals surface area contributed by atoms with E-state index in [-0.39, 0.29) is 35.9 Å². The molecule has 4 nitrogen and oxygen atoms in total. The normalized spacial score (nSPS) is 35.3. The standard InChI is InChI=1S/C14H10BrNO3/c15-7-2-1-3-8(6-7)16-13(17)11-9-4-5-10(19-9)12(11)14(16)18/h1-6,9-12H/t9-,10-,11-,12+/m0/s1. The number of fused-ring (bicyclic) bond motifs is 5. The lowest BCUT2D eigenvalue weighted by Gasteiger charge is -2.17. The minimum absolute atomic E-state index is 0.148. The van der Waals surface area contributed by atoms with Crippen LogP contribution < -0.4 is 4.90 Å². The summed E-state index contributed by atoms with van der Waals surface area (Å²) in [5.74, 6) is -0.988. The van der Waals surface area contributed by atoms with E-state index >= 15 is 0 Å². The highest BCUT2D eigenvalue weighted by Gasteiger charge is 2.60. The van der Waals surface area contributed by atoms with Gasteiger partial charge < -0.3 is 4.74 Å². The van der Waals surface area contributed by atoms with Crippen LogP contribution in [-0.4, -0.2) is 24.0 Å². The first-order chi connectivity index (χ1) is 9.16. The van der Waals surface area contributed by atoms with Crippen LogP contribution in [0.4, 0.5) is 5.69 Å². The van der Waals surface area contributed by atoms with Gasteiger partial charge in [-0.05, 0) is 18.2 Å². The van der Waals surface area contributed by atoms with Gasteiger partial charge in [-0.3, -0.25) is 9.59 Å². The molecule has 3 heterocycles. The quantitative estimate of drug-likeness (QED) is 0.586. The number of anilines is 1. The Hall–Kier alpha value is -1.46. The van der Waals surface area contributed by atoms with E-state index in [0.717, 1.165) is 4.47 Å². The lowest BCUT2D eigenvalue weighted by atomic mass is 9.85. The second kappa shape index (κ2) is 3.77. The predicted molar refractivity (Wildman–Crippen MR) is 71.4 cm³/mol. The molecular weight excluding hydrogens is 310 g/mol. The third kappa shape index (κ3) is 1.42. The Bertz CT molecular complexity index is 597. The molecular formula is C14H10BrNO3. The van der Waals surface area contributed by atoms with Crippen LogP contribution in [-0.2, 0) is 14.3 Å². The number of carbonyl (C=O) groups excluding carboxylic acids is 2. The number of halogens is 1. The van der Waals surface area contributed by atoms with E-state index in [9.17, 15) is 9.59 Å². The van der Waals surface area contributed by atoms with Crippen LogP contribution in [0, 0.1) is 11.8 Å². The maximum absolute atomic E-state index is 12.5. The average molecular weight is 320 g/mol. The summed E-state index contributed by atoms with van der Waals surface area (Å²) in [4.78, 5) is 26.3. The fourth-order valence-electron chi connectivity index (χ4n) is 3.17. The SMILES string of the molecule is O=C1[C@@H]2[C@H](C(=O)N1c1cccc(Br)c1)[C@@H]1C=C[C@@H]2O1. The van der Waals surface area contributed by atoms with Gasteiger partial charge in [-0.25, -0.2) is 4.90 Å². The molecule has 3 aliphatic rings. The number of benzene rings is 1. The Morgan fingerprint density at radius 1 is 1.05 bits per heavy atom. The summed E-state index contributed by atoms with van der Waals surface area (Å²) in [6, 6.07) is 7.24. The number of nitrogens with zero attached hydrogens (tertiary/aromatic N) is 1. The van der Waals surface area contributed by atoms with Gasteiger partial charge in [-0.15, -0.1) is 0 Å². The second-order valence-electron chi connectivity index (χ2n) is 4.99. The van der Waals surface area contributed by atoms with Crippen molar-refractivity contribution >= 4 is 33.4 Å². The fraction of sp³-hybridized carbons (Fsp3) is 0.286. The molecule has 0 spiro atoms. The molecule has 0 N–H and O–H groups in total. The van der Waals surface area contributed by atoms with Gasteiger partial charge in [0, 0.05) is 4.47 Å². The van der Waals surface area contributed by atoms with Crippen LogP contribution in [0.15, 0.2) is 40.9 Å². The first-order valence-electron chi connectivity index (χ1n) is 6.14. The third-order valence-electron chi connectivity index (χ3n) is 3.98. The van der Waals surface area contributed by atoms with Gasteiger partial charge in [0.05, 0.1) is 29.7 Å². The van der Waals surface area contributed by atoms with Crippen molar-refractivity contribution in [2.24, 2.45) is 11.8 Å². The van der Waals surface area contributed by atoms with Crippen molar-refractivity contribution in [2.45, 2.75) is 12.2 Å². The van der Waals surface area contributed by atoms with Gasteiger partial charge in [0.15, 0.2) is 0 Å². The number of amides is 2. The number of hydrogen-bond donors (Lipinski definition) is 0. The number of ether oxygens (including phenoxy) is 1. The van der Waals surface area contributed by atoms with Crippen molar-refractivity contribution < 1.29 is 14.3 Å². The summed E-state index contributed by atoms with van der Waals surface area (Å²) < 4.78 is 6.45. The van der Waals surface area contributed by atoms with Gasteiger partial charge in [-0.2, -0.15) is 0 Å². The highest BCUT2D eigenvalue weighted by molar-refractivity contribution is 9.10. The molecule has 0 aromatic heterocycles. The van der Waals surface area contributed by atoms with E-state index in [0.29, 0.717) is 5.69 Å². The Morgan fingerprint density at radius 2 is 1.68 bits per heavy atom. The summed E-state index contributed by atoms with van der Waals surface area (Å²) in [5, 5.41) is 0. The van der Waals surface area contributed by atoms with Gasteiger partial charge in [0.2, 0.25) is 11.8 Å². The Balaban J connectivity index is 1.77. The van der Waals surface area contributed by atoms with Gasteiger partial charge >= 0.3 is 0 Å². The Kier molecular flexibility index (Phi) is 2.26. The molecule has 96 valence electrons. The summed E-state index contributed by atoms with van der Waals surface area (Å²) in [7, 11) is 0. The van der Waals surface area contributed by atoms with Crippen LogP contribution in [0.2, 0.25) is 0 Å². The molecule has 2 saturated heterocycles. The summed E-state index contributed by atoms with van der Waals surface area (Å²) in [6.45, 7) is 0. The molecule has 0 radical (unpaired) electrons. The summed E-state index contributed by atoms with van der Waals surface area (Å²) >= 11 is 3.36. The molecule has 2 amide bonds. The topological polar surface area (TPSA) is 46.6 Å². The van der Waals surface area contributed by atoms with E-state index in [1.165, 1.54) is 4.90 Å². The Labute approximate surface area is 118 Å². The van der Waals surface area contributed by atoms with Gasteiger partial charge in [0.25, 0.3) is 0 Å². The fourth-order valence-corrected chi connectivity index (χ4v) is 3.56. The zero-order valence-corrected chi connectivity index (χ0v) is 11.4. The minimum Gasteiger partial charge on any atom is -0.365 e. The summed E-state index contributed by atoms with van der Waals surface area (Å²) in [5.41, 5.74) is 0.623. The molecule has 2 bridgehead atoms. The third-order valence-corrected chi connectivity index (χ3v) is 4.47. The molecule has 0 unspecified atom stereocenters. The molecule has 1 aromatic carbocycles. The number of hydrogen-bond acceptors (Lipinski definition) is 3. The van der Waals surface area contributed by atoms with E-state index in [1.54, 1.807) is 12.1 Å². The number of carbonyl (C=O) groups is 2. The van der Waals surface area contributed by atoms with Gasteiger partial charge in [0.1, 0.15) is 0 Å². The molecule has 0 saturated carbocycles. The van der Waals surface area contributed by atoms with E-state index in [4.69, 9.17) is 4.74 Å². The Morgan fingerprint density at radius 3 is 2.26 bits per heavy atom. The maximum atomic E-state index is 12.5. The average Bonchev–Trinajstić information content (AvgIpc) is 3.04. The highest BCUT2D eigenvalue weighted by atomic mass is 79.9. The van der Waals surface area contributed by atoms with Crippen LogP contribution in [0.5, 0.6) is 0 Å². The molecule has 19 heavy (non-hydrogen) atoms. The van der Waals surface area contributed by atoms with E-state index in [2.05, 4.69) is 15.9 Å². The summed E-state index contributed by atoms with van der Waals surface area (Å²) in [6.07, 6.45) is 3.32. The molecule has 4 atom stereocenters. The number of rotatable bonds is 1. The zero-order chi connectivity index (χ0) is 13.1. The van der Waals surface area contributed by atoms with Crippen LogP contribution >= 0.6 is 15.9 Å². The zero-order valence-electron chi connectivity index (χ0n) is 9.82. The smallest absolute Gasteiger partial charge is 0.240 e. The molecule has 0 aliphatic carbocycles. The van der Waals surface area contributed by atoms with Gasteiger partial charge in [-0.1, -0.05) is 34.1 Å². The number of imide groups is 1. The minimum atomic E-state index is -0.346. The van der Waals surface area contributed by atoms with Crippen LogP contribution in [0.1, 0.15) is 0 Å². The molecule has 4 rings (SSSR count). The van der Waals surface area contributed by atoms with E-state index in [1.807, 2.05) is 24.3 Å². The van der Waals surface area contributed by atoms with Crippen molar-refractivity contribution in [2.75, 3.05) is 4.90 Å². The first-order valence-corrected chi connectivity index (χ1v) is 6.93. The monoisotopic (exact) mass is 319 g/mol. The second-order valence-corrected chi connectivity index (χ2v) is 5.91. The molecule has 3 aliphatic heterocycles. The van der Waals surface area contributed by atoms with Crippen molar-refractivity contribution in [3.8, 4) is 0 Å². The maximum Gasteiger partial charge on any atom is 0.240 e. The largest absolute Gasteiger partial charge is 0.365 e. The highest BCUT2D eigenvalue weighted by Crippen LogP contribution is 2.46. The molecule has 2 fully saturated rings. The van der Waals surface area contributed by atoms with E-state index < -0.39 is 0 Å². The van der Waals surface area contributed by atoms with Crippen LogP contribution in [0.25, 0.3) is 0 Å². The molecule has 1 aromatic rings. The first kappa shape index (κ1) is 11.4. The van der Waals surface area contributed by atoms with Crippen LogP contribution in [0.3, 0.4) is 0 Å². The lowest BCUT2D eigenvalue weighted by Crippen LogP contribution is -2.34. The predicted octanol–water partition coefficient (Wildman–Crippen LogP) is 1.89. The van der Waals surface area contributed by atoms with Crippen molar-refractivity contribution in [3.05, 3.63) is 40.9 Å². The van der Waals surface area contributed by atoms with Crippen molar-refractivity contribution in [1.82, 2.24) is 0 Å². The van der Waals surface area contributed by atoms with Crippen molar-refractivity contribution in [3.63, 3.8) is 0 Å². The molecule has 5 heteroatoms.